The Balaban J connectivity index is 1.29. The number of rotatable bonds is 2. The molecule has 0 saturated heterocycles. The molecule has 10 rings (SSSR count). The van der Waals surface area contributed by atoms with Crippen LogP contribution in [-0.2, 0) is 0 Å². The Morgan fingerprint density at radius 1 is 0.349 bits per heavy atom. The van der Waals surface area contributed by atoms with Crippen molar-refractivity contribution in [3.05, 3.63) is 146 Å². The standard InChI is InChI=1S/C40H24N2O/c1-2-11-27-25(10-1)20-22-32-31-15-9-19-38(40(31)43-39(27)32)42-36-18-8-5-14-30(36)33-24-26(21-23-37(33)42)41-34-16-6-3-12-28(34)29-13-4-7-17-35(29)41/h1-24H. The van der Waals surface area contributed by atoms with Crippen molar-refractivity contribution in [3.8, 4) is 11.4 Å². The van der Waals surface area contributed by atoms with Crippen molar-refractivity contribution in [1.29, 1.82) is 0 Å². The van der Waals surface area contributed by atoms with Gasteiger partial charge in [-0.2, -0.15) is 0 Å². The molecule has 3 heterocycles. The fourth-order valence-corrected chi connectivity index (χ4v) is 7.25. The maximum Gasteiger partial charge on any atom is 0.159 e. The number of nitrogens with zero attached hydrogens (tertiary/aromatic N) is 2. The molecule has 0 radical (unpaired) electrons. The highest BCUT2D eigenvalue weighted by atomic mass is 16.3. The van der Waals surface area contributed by atoms with Crippen molar-refractivity contribution < 1.29 is 4.42 Å². The van der Waals surface area contributed by atoms with E-state index in [-0.39, 0.29) is 0 Å². The second kappa shape index (κ2) is 8.37. The van der Waals surface area contributed by atoms with Crippen LogP contribution in [0.2, 0.25) is 0 Å². The number of benzene rings is 7. The smallest absolute Gasteiger partial charge is 0.159 e. The predicted molar refractivity (Wildman–Crippen MR) is 180 cm³/mol. The Morgan fingerprint density at radius 3 is 1.65 bits per heavy atom. The molecular weight excluding hydrogens is 524 g/mol. The van der Waals surface area contributed by atoms with Crippen LogP contribution in [0.3, 0.4) is 0 Å². The van der Waals surface area contributed by atoms with Crippen LogP contribution in [0.1, 0.15) is 0 Å². The summed E-state index contributed by atoms with van der Waals surface area (Å²) in [5.74, 6) is 0. The van der Waals surface area contributed by atoms with Gasteiger partial charge in [0.05, 0.1) is 27.8 Å². The molecule has 0 saturated carbocycles. The van der Waals surface area contributed by atoms with Crippen LogP contribution in [0, 0.1) is 0 Å². The van der Waals surface area contributed by atoms with Crippen molar-refractivity contribution in [1.82, 2.24) is 9.13 Å². The molecule has 43 heavy (non-hydrogen) atoms. The molecule has 10 aromatic rings. The third kappa shape index (κ3) is 3.03. The Hall–Kier alpha value is -5.80. The van der Waals surface area contributed by atoms with Gasteiger partial charge in [0.2, 0.25) is 0 Å². The number of hydrogen-bond donors (Lipinski definition) is 0. The van der Waals surface area contributed by atoms with Gasteiger partial charge >= 0.3 is 0 Å². The molecule has 200 valence electrons. The van der Waals surface area contributed by atoms with E-state index in [1.54, 1.807) is 0 Å². The number of furan rings is 1. The molecule has 3 aromatic heterocycles. The summed E-state index contributed by atoms with van der Waals surface area (Å²) in [6.45, 7) is 0. The van der Waals surface area contributed by atoms with E-state index in [1.807, 2.05) is 0 Å². The molecule has 0 amide bonds. The fourth-order valence-electron chi connectivity index (χ4n) is 7.25. The first kappa shape index (κ1) is 22.8. The fraction of sp³-hybridized carbons (Fsp3) is 0. The normalized spacial score (nSPS) is 12.2. The number of hydrogen-bond acceptors (Lipinski definition) is 1. The highest BCUT2D eigenvalue weighted by Crippen LogP contribution is 2.41. The van der Waals surface area contributed by atoms with Crippen LogP contribution in [0.25, 0.3) is 87.7 Å². The van der Waals surface area contributed by atoms with Crippen LogP contribution < -0.4 is 0 Å². The first-order valence-electron chi connectivity index (χ1n) is 14.7. The average Bonchev–Trinajstić information content (AvgIpc) is 3.72. The monoisotopic (exact) mass is 548 g/mol. The lowest BCUT2D eigenvalue weighted by molar-refractivity contribution is 0.670. The molecule has 3 heteroatoms. The molecule has 0 unspecified atom stereocenters. The summed E-state index contributed by atoms with van der Waals surface area (Å²) in [5.41, 5.74) is 8.79. The summed E-state index contributed by atoms with van der Waals surface area (Å²) in [6.07, 6.45) is 0. The molecule has 7 aromatic carbocycles. The van der Waals surface area contributed by atoms with Gasteiger partial charge in [0.1, 0.15) is 5.58 Å². The molecule has 3 nitrogen and oxygen atoms in total. The summed E-state index contributed by atoms with van der Waals surface area (Å²) < 4.78 is 11.5. The summed E-state index contributed by atoms with van der Waals surface area (Å²) in [7, 11) is 0. The Labute approximate surface area is 246 Å². The predicted octanol–water partition coefficient (Wildman–Crippen LogP) is 10.9. The lowest BCUT2D eigenvalue weighted by Crippen LogP contribution is -1.96. The Kier molecular flexibility index (Phi) is 4.45. The Morgan fingerprint density at radius 2 is 0.907 bits per heavy atom. The van der Waals surface area contributed by atoms with E-state index in [1.165, 1.54) is 38.0 Å². The number of para-hydroxylation sites is 4. The summed E-state index contributed by atoms with van der Waals surface area (Å²) in [6, 6.07) is 52.3. The van der Waals surface area contributed by atoms with Gasteiger partial charge in [0, 0.05) is 43.4 Å². The van der Waals surface area contributed by atoms with Gasteiger partial charge < -0.3 is 13.6 Å². The van der Waals surface area contributed by atoms with E-state index >= 15 is 0 Å². The maximum atomic E-state index is 6.77. The molecule has 0 aliphatic carbocycles. The minimum atomic E-state index is 0.906. The van der Waals surface area contributed by atoms with Gasteiger partial charge in [-0.25, -0.2) is 0 Å². The second-order valence-electron chi connectivity index (χ2n) is 11.3. The first-order chi connectivity index (χ1) is 21.3. The zero-order valence-corrected chi connectivity index (χ0v) is 23.2. The quantitative estimate of drug-likeness (QED) is 0.211. The van der Waals surface area contributed by atoms with E-state index in [0.29, 0.717) is 0 Å². The van der Waals surface area contributed by atoms with Crippen molar-refractivity contribution in [2.75, 3.05) is 0 Å². The van der Waals surface area contributed by atoms with E-state index in [9.17, 15) is 0 Å². The van der Waals surface area contributed by atoms with Crippen LogP contribution in [-0.4, -0.2) is 9.13 Å². The third-order valence-corrected chi connectivity index (χ3v) is 9.10. The SMILES string of the molecule is c1ccc2c(c1)ccc1c3cccc(-n4c5ccccc5c5cc(-n6c7ccccc7c7ccccc76)ccc54)c3oc21. The summed E-state index contributed by atoms with van der Waals surface area (Å²) in [5, 5.41) is 9.57. The summed E-state index contributed by atoms with van der Waals surface area (Å²) in [4.78, 5) is 0. The van der Waals surface area contributed by atoms with E-state index in [2.05, 4.69) is 155 Å². The van der Waals surface area contributed by atoms with Gasteiger partial charge in [-0.3, -0.25) is 0 Å². The highest BCUT2D eigenvalue weighted by Gasteiger charge is 2.19. The molecule has 0 fully saturated rings. The van der Waals surface area contributed by atoms with Crippen molar-refractivity contribution in [2.24, 2.45) is 0 Å². The summed E-state index contributed by atoms with van der Waals surface area (Å²) >= 11 is 0. The molecule has 0 atom stereocenters. The van der Waals surface area contributed by atoms with E-state index in [0.717, 1.165) is 49.7 Å². The highest BCUT2D eigenvalue weighted by molar-refractivity contribution is 6.18. The lowest BCUT2D eigenvalue weighted by atomic mass is 10.1. The number of aromatic nitrogens is 2. The third-order valence-electron chi connectivity index (χ3n) is 9.10. The molecule has 0 aliphatic heterocycles. The van der Waals surface area contributed by atoms with E-state index < -0.39 is 0 Å². The van der Waals surface area contributed by atoms with E-state index in [4.69, 9.17) is 4.42 Å². The van der Waals surface area contributed by atoms with Crippen molar-refractivity contribution in [2.45, 2.75) is 0 Å². The lowest BCUT2D eigenvalue weighted by Gasteiger charge is -2.10. The zero-order chi connectivity index (χ0) is 28.1. The number of fused-ring (bicyclic) bond motifs is 11. The van der Waals surface area contributed by atoms with Gasteiger partial charge in [-0.05, 0) is 53.9 Å². The molecule has 0 aliphatic rings. The average molecular weight is 549 g/mol. The second-order valence-corrected chi connectivity index (χ2v) is 11.3. The van der Waals surface area contributed by atoms with Crippen LogP contribution >= 0.6 is 0 Å². The zero-order valence-electron chi connectivity index (χ0n) is 23.2. The Bertz CT molecular complexity index is 2680. The van der Waals surface area contributed by atoms with Crippen LogP contribution in [0.5, 0.6) is 0 Å². The van der Waals surface area contributed by atoms with Crippen LogP contribution in [0.15, 0.2) is 150 Å². The molecule has 0 spiro atoms. The van der Waals surface area contributed by atoms with Gasteiger partial charge in [0.15, 0.2) is 5.58 Å². The minimum absolute atomic E-state index is 0.906. The van der Waals surface area contributed by atoms with Crippen molar-refractivity contribution in [3.63, 3.8) is 0 Å². The van der Waals surface area contributed by atoms with Crippen LogP contribution in [0.4, 0.5) is 0 Å². The van der Waals surface area contributed by atoms with Gasteiger partial charge in [-0.15, -0.1) is 0 Å². The molecule has 0 N–H and O–H groups in total. The largest absolute Gasteiger partial charge is 0.453 e. The molecule has 0 bridgehead atoms. The topological polar surface area (TPSA) is 23.0 Å². The van der Waals surface area contributed by atoms with Gasteiger partial charge in [-0.1, -0.05) is 97.1 Å². The minimum Gasteiger partial charge on any atom is -0.453 e. The maximum absolute atomic E-state index is 6.77. The van der Waals surface area contributed by atoms with Gasteiger partial charge in [0.25, 0.3) is 0 Å². The van der Waals surface area contributed by atoms with Crippen molar-refractivity contribution >= 4 is 76.3 Å². The molecular formula is C40H24N2O. The first-order valence-corrected chi connectivity index (χ1v) is 14.7.